The number of nitrogens with zero attached hydrogens (tertiary/aromatic N) is 4. The molecule has 338 valence electrons. The van der Waals surface area contributed by atoms with Gasteiger partial charge < -0.3 is 43.1 Å². The number of carbonyl (C=O) groups excluding carboxylic acids is 4. The quantitative estimate of drug-likeness (QED) is 0.0873. The Kier molecular flexibility index (Phi) is 17.6. The number of methoxy groups -OCH3 is 3. The van der Waals surface area contributed by atoms with Gasteiger partial charge in [-0.1, -0.05) is 37.3 Å². The second-order valence-corrected chi connectivity index (χ2v) is 17.7. The van der Waals surface area contributed by atoms with Crippen LogP contribution in [0.1, 0.15) is 75.2 Å². The van der Waals surface area contributed by atoms with Gasteiger partial charge in [0, 0.05) is 55.6 Å². The van der Waals surface area contributed by atoms with Gasteiger partial charge in [-0.25, -0.2) is 4.79 Å². The fourth-order valence-corrected chi connectivity index (χ4v) is 9.37. The van der Waals surface area contributed by atoms with Crippen molar-refractivity contribution in [2.45, 2.75) is 75.5 Å². The summed E-state index contributed by atoms with van der Waals surface area (Å²) in [5.74, 6) is 1.10. The zero-order chi connectivity index (χ0) is 44.2. The maximum absolute atomic E-state index is 14.6. The molecule has 2 aromatic carbocycles. The Labute approximate surface area is 370 Å². The smallest absolute Gasteiger partial charge is 0.493 e. The van der Waals surface area contributed by atoms with Crippen molar-refractivity contribution in [2.24, 2.45) is 11.3 Å². The number of hydrogen-bond donors (Lipinski definition) is 0. The minimum atomic E-state index is -0.892. The molecule has 2 amide bonds. The van der Waals surface area contributed by atoms with Gasteiger partial charge in [0.25, 0.3) is 5.91 Å². The summed E-state index contributed by atoms with van der Waals surface area (Å²) < 4.78 is 31.1. The standard InChI is InChI=1S/C45H64Cl2N4O10/c1-7-59-43(55)61-31-60-39(52)29-49-23-25-50(26-24-49)42(54)45(35-11-9-8-10-12-35)17-20-48(21-18-45)19-15-44(32(2)13-14-36(47)33(3)46)16-22-51(30-44)41(53)34-27-37(56-4)40(58-6)38(28-34)57-5/h8-12,27-28,32-33,36H,7,13-26,29-31H2,1-6H3. The fourth-order valence-electron chi connectivity index (χ4n) is 9.12. The first-order chi connectivity index (χ1) is 29.3. The average Bonchev–Trinajstić information content (AvgIpc) is 3.72. The number of ether oxygens (including phenoxy) is 6. The number of esters is 1. The van der Waals surface area contributed by atoms with E-state index in [2.05, 4.69) is 28.7 Å². The first-order valence-electron chi connectivity index (χ1n) is 21.4. The van der Waals surface area contributed by atoms with Gasteiger partial charge in [-0.15, -0.1) is 23.2 Å². The van der Waals surface area contributed by atoms with Crippen LogP contribution in [0.2, 0.25) is 0 Å². The monoisotopic (exact) mass is 890 g/mol. The molecular weight excluding hydrogens is 827 g/mol. The van der Waals surface area contributed by atoms with Crippen LogP contribution in [0.25, 0.3) is 0 Å². The maximum Gasteiger partial charge on any atom is 0.511 e. The van der Waals surface area contributed by atoms with Crippen LogP contribution in [-0.4, -0.2) is 154 Å². The zero-order valence-electron chi connectivity index (χ0n) is 36.6. The van der Waals surface area contributed by atoms with E-state index in [1.54, 1.807) is 40.4 Å². The molecule has 5 rings (SSSR count). The molecule has 3 heterocycles. The van der Waals surface area contributed by atoms with E-state index in [0.717, 1.165) is 50.9 Å². The number of benzene rings is 2. The SMILES string of the molecule is CCOC(=O)OCOC(=O)CN1CCN(C(=O)C2(c3ccccc3)CCN(CCC3(C(C)CCC(Cl)C(C)Cl)CCN(C(=O)c4cc(OC)c(OC)c(OC)c4)C3)CC2)CC1. The summed E-state index contributed by atoms with van der Waals surface area (Å²) in [6.45, 7) is 11.1. The normalized spacial score (nSPS) is 20.9. The van der Waals surface area contributed by atoms with Gasteiger partial charge in [0.05, 0.1) is 39.9 Å². The van der Waals surface area contributed by atoms with E-state index in [1.807, 2.05) is 39.8 Å². The second kappa shape index (κ2) is 22.4. The number of likely N-dealkylation sites (tertiary alicyclic amines) is 2. The molecule has 0 N–H and O–H groups in total. The van der Waals surface area contributed by atoms with Gasteiger partial charge in [0.15, 0.2) is 11.5 Å². The van der Waals surface area contributed by atoms with Crippen molar-refractivity contribution in [2.75, 3.05) is 100 Å². The highest BCUT2D eigenvalue weighted by atomic mass is 35.5. The van der Waals surface area contributed by atoms with Crippen molar-refractivity contribution in [3.05, 3.63) is 53.6 Å². The van der Waals surface area contributed by atoms with Crippen LogP contribution in [-0.2, 0) is 29.2 Å². The third-order valence-electron chi connectivity index (χ3n) is 13.0. The lowest BCUT2D eigenvalue weighted by Crippen LogP contribution is -2.58. The molecule has 3 saturated heterocycles. The van der Waals surface area contributed by atoms with Crippen LogP contribution in [0.5, 0.6) is 17.2 Å². The van der Waals surface area contributed by atoms with Crippen LogP contribution in [0.15, 0.2) is 42.5 Å². The van der Waals surface area contributed by atoms with Crippen LogP contribution < -0.4 is 14.2 Å². The Balaban J connectivity index is 1.24. The first kappa shape index (κ1) is 48.1. The summed E-state index contributed by atoms with van der Waals surface area (Å²) in [4.78, 5) is 60.9. The highest BCUT2D eigenvalue weighted by Gasteiger charge is 2.47. The zero-order valence-corrected chi connectivity index (χ0v) is 38.1. The summed E-state index contributed by atoms with van der Waals surface area (Å²) in [5, 5.41) is -0.292. The molecule has 0 radical (unpaired) electrons. The first-order valence-corrected chi connectivity index (χ1v) is 22.3. The lowest BCUT2D eigenvalue weighted by Gasteiger charge is -2.46. The van der Waals surface area contributed by atoms with Crippen LogP contribution >= 0.6 is 23.2 Å². The van der Waals surface area contributed by atoms with E-state index >= 15 is 0 Å². The third-order valence-corrected chi connectivity index (χ3v) is 14.1. The number of amides is 2. The van der Waals surface area contributed by atoms with Crippen LogP contribution in [0.4, 0.5) is 4.79 Å². The topological polar surface area (TPSA) is 137 Å². The number of piperazine rings is 1. The van der Waals surface area contributed by atoms with Crippen LogP contribution in [0.3, 0.4) is 0 Å². The van der Waals surface area contributed by atoms with Crippen molar-refractivity contribution in [3.8, 4) is 17.2 Å². The van der Waals surface area contributed by atoms with Crippen molar-refractivity contribution in [1.29, 1.82) is 0 Å². The molecule has 2 aromatic rings. The molecule has 4 atom stereocenters. The number of halogens is 2. The Morgan fingerprint density at radius 2 is 1.41 bits per heavy atom. The Morgan fingerprint density at radius 3 is 2.00 bits per heavy atom. The van der Waals surface area contributed by atoms with E-state index in [9.17, 15) is 19.2 Å². The average molecular weight is 892 g/mol. The number of piperidine rings is 1. The lowest BCUT2D eigenvalue weighted by molar-refractivity contribution is -0.155. The molecule has 16 heteroatoms. The Hall–Kier alpha value is -3.98. The second-order valence-electron chi connectivity index (χ2n) is 16.5. The summed E-state index contributed by atoms with van der Waals surface area (Å²) in [6, 6.07) is 13.5. The van der Waals surface area contributed by atoms with Gasteiger partial charge in [0.2, 0.25) is 18.4 Å². The maximum atomic E-state index is 14.6. The number of hydrogen-bond acceptors (Lipinski definition) is 12. The minimum Gasteiger partial charge on any atom is -0.493 e. The van der Waals surface area contributed by atoms with Crippen molar-refractivity contribution >= 4 is 47.1 Å². The largest absolute Gasteiger partial charge is 0.511 e. The summed E-state index contributed by atoms with van der Waals surface area (Å²) >= 11 is 13.0. The van der Waals surface area contributed by atoms with E-state index < -0.39 is 24.3 Å². The van der Waals surface area contributed by atoms with E-state index in [4.69, 9.17) is 46.9 Å². The highest BCUT2D eigenvalue weighted by Crippen LogP contribution is 2.46. The summed E-state index contributed by atoms with van der Waals surface area (Å²) in [7, 11) is 4.63. The molecule has 3 aliphatic rings. The molecule has 3 fully saturated rings. The van der Waals surface area contributed by atoms with Crippen molar-refractivity contribution in [1.82, 2.24) is 19.6 Å². The molecule has 14 nitrogen and oxygen atoms in total. The van der Waals surface area contributed by atoms with Gasteiger partial charge in [-0.05, 0) is 101 Å². The van der Waals surface area contributed by atoms with Crippen molar-refractivity contribution in [3.63, 3.8) is 0 Å². The third kappa shape index (κ3) is 11.9. The lowest BCUT2D eigenvalue weighted by atomic mass is 9.69. The molecule has 0 spiro atoms. The predicted molar refractivity (Wildman–Crippen MR) is 233 cm³/mol. The minimum absolute atomic E-state index is 0.0301. The molecular formula is C45H64Cl2N4O10. The van der Waals surface area contributed by atoms with E-state index in [1.165, 1.54) is 0 Å². The van der Waals surface area contributed by atoms with Gasteiger partial charge >= 0.3 is 12.1 Å². The molecule has 3 aliphatic heterocycles. The highest BCUT2D eigenvalue weighted by molar-refractivity contribution is 6.29. The van der Waals surface area contributed by atoms with Crippen LogP contribution in [0, 0.1) is 11.3 Å². The Morgan fingerprint density at radius 1 is 0.754 bits per heavy atom. The van der Waals surface area contributed by atoms with Gasteiger partial charge in [-0.2, -0.15) is 0 Å². The molecule has 0 bridgehead atoms. The molecule has 0 aromatic heterocycles. The number of carbonyl (C=O) groups is 4. The van der Waals surface area contributed by atoms with E-state index in [0.29, 0.717) is 74.9 Å². The molecule has 0 aliphatic carbocycles. The number of alkyl halides is 2. The molecule has 61 heavy (non-hydrogen) atoms. The Bertz CT molecular complexity index is 1750. The molecule has 0 saturated carbocycles. The van der Waals surface area contributed by atoms with Gasteiger partial charge in [-0.3, -0.25) is 19.3 Å². The van der Waals surface area contributed by atoms with Crippen molar-refractivity contribution < 1.29 is 47.6 Å². The number of rotatable bonds is 19. The van der Waals surface area contributed by atoms with Gasteiger partial charge in [0.1, 0.15) is 0 Å². The van der Waals surface area contributed by atoms with E-state index in [-0.39, 0.29) is 47.1 Å². The molecule has 4 unspecified atom stereocenters. The summed E-state index contributed by atoms with van der Waals surface area (Å²) in [6.07, 6.45) is 3.89. The predicted octanol–water partition coefficient (Wildman–Crippen LogP) is 6.44. The fraction of sp³-hybridized carbons (Fsp3) is 0.644. The summed E-state index contributed by atoms with van der Waals surface area (Å²) in [5.41, 5.74) is 0.693.